The van der Waals surface area contributed by atoms with Gasteiger partial charge in [-0.3, -0.25) is 14.2 Å². The molecule has 0 saturated heterocycles. The maximum atomic E-state index is 13.4. The molecule has 32 heavy (non-hydrogen) atoms. The topological polar surface area (TPSA) is 79.8 Å². The number of hydrogen-bond acceptors (Lipinski definition) is 3. The van der Waals surface area contributed by atoms with Gasteiger partial charge < -0.3 is 10.3 Å². The molecular weight excluding hydrogens is 421 g/mol. The fraction of sp³-hybridized carbons (Fsp3) is 0.261. The summed E-state index contributed by atoms with van der Waals surface area (Å²) >= 11 is 0. The van der Waals surface area contributed by atoms with Crippen molar-refractivity contribution in [2.24, 2.45) is 0 Å². The van der Waals surface area contributed by atoms with Gasteiger partial charge in [0.1, 0.15) is 6.04 Å². The number of alkyl halides is 3. The van der Waals surface area contributed by atoms with Gasteiger partial charge >= 0.3 is 6.18 Å². The Morgan fingerprint density at radius 2 is 1.97 bits per heavy atom. The Balaban J connectivity index is 1.58. The Hall–Kier alpha value is -3.62. The third kappa shape index (κ3) is 3.98. The second-order valence-corrected chi connectivity index (χ2v) is 7.70. The molecule has 0 spiro atoms. The number of aryl methyl sites for hydroxylation is 1. The molecule has 9 heteroatoms. The lowest BCUT2D eigenvalue weighted by molar-refractivity contribution is -0.142. The van der Waals surface area contributed by atoms with Gasteiger partial charge in [0.2, 0.25) is 11.6 Å². The van der Waals surface area contributed by atoms with Crippen LogP contribution in [-0.2, 0) is 17.4 Å². The molecule has 2 aromatic carbocycles. The molecular formula is C23H21F3N4O2. The number of hydrogen-bond donors (Lipinski definition) is 2. The number of aromatic amines is 1. The fourth-order valence-corrected chi connectivity index (χ4v) is 3.81. The Bertz CT molecular complexity index is 1370. The first-order valence-electron chi connectivity index (χ1n) is 10.1. The molecule has 1 amide bonds. The highest BCUT2D eigenvalue weighted by Crippen LogP contribution is 2.27. The fourth-order valence-electron chi connectivity index (χ4n) is 3.81. The zero-order valence-electron chi connectivity index (χ0n) is 17.5. The van der Waals surface area contributed by atoms with E-state index in [1.807, 2.05) is 31.3 Å². The lowest BCUT2D eigenvalue weighted by Gasteiger charge is -2.19. The van der Waals surface area contributed by atoms with Crippen LogP contribution >= 0.6 is 0 Å². The summed E-state index contributed by atoms with van der Waals surface area (Å²) in [6, 6.07) is 10.8. The van der Waals surface area contributed by atoms with Crippen LogP contribution < -0.4 is 10.9 Å². The molecule has 0 saturated carbocycles. The zero-order chi connectivity index (χ0) is 23.0. The molecule has 6 nitrogen and oxygen atoms in total. The molecule has 0 aliphatic carbocycles. The van der Waals surface area contributed by atoms with E-state index in [0.717, 1.165) is 26.6 Å². The van der Waals surface area contributed by atoms with Crippen LogP contribution in [0.5, 0.6) is 0 Å². The van der Waals surface area contributed by atoms with Gasteiger partial charge in [-0.05, 0) is 50.1 Å². The van der Waals surface area contributed by atoms with E-state index in [9.17, 15) is 22.8 Å². The second kappa shape index (κ2) is 8.14. The average molecular weight is 442 g/mol. The first-order chi connectivity index (χ1) is 15.2. The van der Waals surface area contributed by atoms with Crippen molar-refractivity contribution >= 4 is 27.8 Å². The van der Waals surface area contributed by atoms with Crippen LogP contribution in [0.4, 0.5) is 13.2 Å². The zero-order valence-corrected chi connectivity index (χ0v) is 17.5. The summed E-state index contributed by atoms with van der Waals surface area (Å²) in [4.78, 5) is 32.0. The van der Waals surface area contributed by atoms with Crippen LogP contribution in [0, 0.1) is 6.92 Å². The van der Waals surface area contributed by atoms with E-state index in [1.54, 1.807) is 6.07 Å². The molecule has 4 aromatic rings. The van der Waals surface area contributed by atoms with Gasteiger partial charge in [0.05, 0.1) is 11.0 Å². The van der Waals surface area contributed by atoms with Crippen molar-refractivity contribution in [1.29, 1.82) is 0 Å². The van der Waals surface area contributed by atoms with Crippen LogP contribution in [-0.4, -0.2) is 27.0 Å². The van der Waals surface area contributed by atoms with Gasteiger partial charge in [-0.1, -0.05) is 23.8 Å². The Morgan fingerprint density at radius 1 is 1.22 bits per heavy atom. The van der Waals surface area contributed by atoms with Crippen molar-refractivity contribution in [3.63, 3.8) is 0 Å². The number of para-hydroxylation sites is 2. The van der Waals surface area contributed by atoms with Gasteiger partial charge in [-0.15, -0.1) is 0 Å². The Morgan fingerprint density at radius 3 is 2.72 bits per heavy atom. The normalized spacial score (nSPS) is 12.9. The van der Waals surface area contributed by atoms with Gasteiger partial charge in [0, 0.05) is 23.6 Å². The quantitative estimate of drug-likeness (QED) is 0.488. The number of nitrogens with one attached hydrogen (secondary N) is 2. The molecule has 0 aliphatic heterocycles. The summed E-state index contributed by atoms with van der Waals surface area (Å²) in [5.74, 6) is -0.549. The predicted octanol–water partition coefficient (Wildman–Crippen LogP) is 4.12. The van der Waals surface area contributed by atoms with Crippen molar-refractivity contribution in [3.05, 3.63) is 75.8 Å². The smallest absolute Gasteiger partial charge is 0.361 e. The van der Waals surface area contributed by atoms with Crippen LogP contribution in [0.15, 0.2) is 53.5 Å². The van der Waals surface area contributed by atoms with Crippen molar-refractivity contribution in [2.45, 2.75) is 32.5 Å². The maximum absolute atomic E-state index is 13.4. The molecule has 2 aromatic heterocycles. The summed E-state index contributed by atoms with van der Waals surface area (Å²) in [5.41, 5.74) is 0.396. The summed E-state index contributed by atoms with van der Waals surface area (Å²) in [6.07, 6.45) is -2.52. The van der Waals surface area contributed by atoms with E-state index < -0.39 is 29.4 Å². The molecule has 0 radical (unpaired) electrons. The van der Waals surface area contributed by atoms with Crippen LogP contribution in [0.3, 0.4) is 0 Å². The summed E-state index contributed by atoms with van der Waals surface area (Å²) in [5, 5.41) is 3.79. The summed E-state index contributed by atoms with van der Waals surface area (Å²) in [6.45, 7) is 3.66. The predicted molar refractivity (Wildman–Crippen MR) is 115 cm³/mol. The number of aromatic nitrogens is 3. The third-order valence-corrected chi connectivity index (χ3v) is 5.45. The minimum Gasteiger partial charge on any atom is -0.361 e. The molecule has 4 rings (SSSR count). The maximum Gasteiger partial charge on any atom is 0.438 e. The highest BCUT2D eigenvalue weighted by molar-refractivity contribution is 5.85. The SMILES string of the molecule is Cc1ccc2[nH]cc(CCNC(=O)[C@@H](C)n3c(=O)c(C(F)(F)F)nc4ccccc43)c2c1. The van der Waals surface area contributed by atoms with Gasteiger partial charge in [-0.25, -0.2) is 4.98 Å². The summed E-state index contributed by atoms with van der Waals surface area (Å²) in [7, 11) is 0. The largest absolute Gasteiger partial charge is 0.438 e. The molecule has 0 fully saturated rings. The van der Waals surface area contributed by atoms with Crippen LogP contribution in [0.1, 0.15) is 29.8 Å². The first kappa shape index (κ1) is 21.6. The highest BCUT2D eigenvalue weighted by atomic mass is 19.4. The van der Waals surface area contributed by atoms with Crippen LogP contribution in [0.25, 0.3) is 21.9 Å². The van der Waals surface area contributed by atoms with E-state index in [0.29, 0.717) is 6.42 Å². The molecule has 166 valence electrons. The Labute approximate surface area is 181 Å². The van der Waals surface area contributed by atoms with E-state index in [4.69, 9.17) is 0 Å². The molecule has 0 bridgehead atoms. The van der Waals surface area contributed by atoms with Crippen molar-refractivity contribution in [2.75, 3.05) is 6.54 Å². The monoisotopic (exact) mass is 442 g/mol. The number of rotatable bonds is 5. The lowest BCUT2D eigenvalue weighted by Crippen LogP contribution is -2.39. The third-order valence-electron chi connectivity index (χ3n) is 5.45. The molecule has 0 unspecified atom stereocenters. The molecule has 0 aliphatic rings. The van der Waals surface area contributed by atoms with Crippen molar-refractivity contribution in [3.8, 4) is 0 Å². The number of halogens is 3. The van der Waals surface area contributed by atoms with E-state index in [-0.39, 0.29) is 17.6 Å². The number of carbonyl (C=O) groups excluding carboxylic acids is 1. The molecule has 2 heterocycles. The Kier molecular flexibility index (Phi) is 5.50. The van der Waals surface area contributed by atoms with Crippen LogP contribution in [0.2, 0.25) is 0 Å². The van der Waals surface area contributed by atoms with Gasteiger partial charge in [0.15, 0.2) is 0 Å². The second-order valence-electron chi connectivity index (χ2n) is 7.70. The first-order valence-corrected chi connectivity index (χ1v) is 10.1. The number of amides is 1. The van der Waals surface area contributed by atoms with E-state index in [1.165, 1.54) is 25.1 Å². The van der Waals surface area contributed by atoms with E-state index in [2.05, 4.69) is 15.3 Å². The highest BCUT2D eigenvalue weighted by Gasteiger charge is 2.38. The molecule has 1 atom stereocenters. The minimum absolute atomic E-state index is 0.00626. The van der Waals surface area contributed by atoms with Crippen molar-refractivity contribution in [1.82, 2.24) is 19.9 Å². The summed E-state index contributed by atoms with van der Waals surface area (Å²) < 4.78 is 40.9. The number of nitrogens with zero attached hydrogens (tertiary/aromatic N) is 2. The number of H-pyrrole nitrogens is 1. The minimum atomic E-state index is -4.92. The number of benzene rings is 2. The lowest BCUT2D eigenvalue weighted by atomic mass is 10.1. The number of carbonyl (C=O) groups is 1. The number of fused-ring (bicyclic) bond motifs is 2. The van der Waals surface area contributed by atoms with Gasteiger partial charge in [0.25, 0.3) is 5.56 Å². The standard InChI is InChI=1S/C23H21F3N4O2/c1-13-7-8-17-16(11-13)15(12-28-17)9-10-27-21(31)14(2)30-19-6-4-3-5-18(19)29-20(22(30)32)23(24,25)26/h3-8,11-12,14,28H,9-10H2,1-2H3,(H,27,31)/t14-/m1/s1. The van der Waals surface area contributed by atoms with Gasteiger partial charge in [-0.2, -0.15) is 13.2 Å². The average Bonchev–Trinajstić information content (AvgIpc) is 3.14. The van der Waals surface area contributed by atoms with Crippen molar-refractivity contribution < 1.29 is 18.0 Å². The molecule has 2 N–H and O–H groups in total. The van der Waals surface area contributed by atoms with E-state index >= 15 is 0 Å².